The monoisotopic (exact) mass is 357 g/mol. The molecular formula is C17H23N7O2. The number of anilines is 1. The third-order valence-corrected chi connectivity index (χ3v) is 3.51. The zero-order valence-corrected chi connectivity index (χ0v) is 15.3. The van der Waals surface area contributed by atoms with Crippen molar-refractivity contribution in [3.05, 3.63) is 35.7 Å². The average molecular weight is 357 g/mol. The number of amidine groups is 1. The quantitative estimate of drug-likeness (QED) is 0.518. The topological polar surface area (TPSA) is 120 Å². The van der Waals surface area contributed by atoms with Crippen LogP contribution in [0.1, 0.15) is 36.8 Å². The zero-order chi connectivity index (χ0) is 19.3. The third kappa shape index (κ3) is 4.24. The first-order valence-electron chi connectivity index (χ1n) is 8.20. The van der Waals surface area contributed by atoms with Crippen LogP contribution in [-0.2, 0) is 7.05 Å². The molecule has 0 radical (unpaired) electrons. The second-order valence-electron chi connectivity index (χ2n) is 5.80. The standard InChI is InChI=1S/C17H23N7O2/c1-5-26-17-12(9-23(4)22-17)16(25)21-14-8-6-7-13(20-14)15(19)24(10-18)11(2)3/h6-11,18-19H,5H2,1-4H3,(H,20,21,25). The van der Waals surface area contributed by atoms with Gasteiger partial charge in [0.15, 0.2) is 5.84 Å². The fourth-order valence-corrected chi connectivity index (χ4v) is 2.29. The van der Waals surface area contributed by atoms with Crippen LogP contribution in [0.4, 0.5) is 5.82 Å². The smallest absolute Gasteiger partial charge is 0.263 e. The van der Waals surface area contributed by atoms with Crippen molar-refractivity contribution in [2.45, 2.75) is 26.8 Å². The summed E-state index contributed by atoms with van der Waals surface area (Å²) in [7, 11) is 1.71. The fraction of sp³-hybridized carbons (Fsp3) is 0.353. The number of nitrogens with one attached hydrogen (secondary N) is 3. The summed E-state index contributed by atoms with van der Waals surface area (Å²) in [6.07, 6.45) is 2.66. The van der Waals surface area contributed by atoms with Gasteiger partial charge < -0.3 is 15.0 Å². The van der Waals surface area contributed by atoms with Crippen LogP contribution in [0.3, 0.4) is 0 Å². The molecule has 0 atom stereocenters. The largest absolute Gasteiger partial charge is 0.476 e. The highest BCUT2D eigenvalue weighted by atomic mass is 16.5. The van der Waals surface area contributed by atoms with Gasteiger partial charge in [-0.3, -0.25) is 20.3 Å². The lowest BCUT2D eigenvalue weighted by Gasteiger charge is -2.23. The van der Waals surface area contributed by atoms with Crippen LogP contribution in [0.25, 0.3) is 0 Å². The first-order chi connectivity index (χ1) is 12.4. The Balaban J connectivity index is 2.22. The summed E-state index contributed by atoms with van der Waals surface area (Å²) in [5.74, 6) is 0.247. The third-order valence-electron chi connectivity index (χ3n) is 3.51. The molecule has 0 aliphatic rings. The summed E-state index contributed by atoms with van der Waals surface area (Å²) in [6, 6.07) is 4.94. The Morgan fingerprint density at radius 1 is 1.46 bits per heavy atom. The van der Waals surface area contributed by atoms with Gasteiger partial charge in [0, 0.05) is 19.3 Å². The Morgan fingerprint density at radius 3 is 2.81 bits per heavy atom. The minimum absolute atomic E-state index is 0.0517. The highest BCUT2D eigenvalue weighted by Crippen LogP contribution is 2.17. The van der Waals surface area contributed by atoms with Crippen molar-refractivity contribution in [3.8, 4) is 5.88 Å². The van der Waals surface area contributed by atoms with E-state index in [1.807, 2.05) is 20.8 Å². The molecule has 3 N–H and O–H groups in total. The highest BCUT2D eigenvalue weighted by molar-refractivity contribution is 6.06. The number of aryl methyl sites for hydroxylation is 1. The summed E-state index contributed by atoms with van der Waals surface area (Å²) in [4.78, 5) is 18.3. The molecule has 2 aromatic heterocycles. The van der Waals surface area contributed by atoms with Gasteiger partial charge in [0.05, 0.1) is 12.9 Å². The van der Waals surface area contributed by atoms with E-state index in [-0.39, 0.29) is 17.8 Å². The SMILES string of the molecule is CCOc1nn(C)cc1C(=O)Nc1cccc(C(=N)N(C=N)C(C)C)n1. The van der Waals surface area contributed by atoms with Crippen LogP contribution < -0.4 is 10.1 Å². The van der Waals surface area contributed by atoms with Crippen molar-refractivity contribution >= 4 is 23.9 Å². The van der Waals surface area contributed by atoms with Gasteiger partial charge in [0.1, 0.15) is 17.1 Å². The van der Waals surface area contributed by atoms with Gasteiger partial charge in [0.25, 0.3) is 5.91 Å². The van der Waals surface area contributed by atoms with E-state index in [4.69, 9.17) is 15.6 Å². The van der Waals surface area contributed by atoms with Crippen LogP contribution in [0.2, 0.25) is 0 Å². The fourth-order valence-electron chi connectivity index (χ4n) is 2.29. The van der Waals surface area contributed by atoms with Gasteiger partial charge in [-0.2, -0.15) is 0 Å². The van der Waals surface area contributed by atoms with Crippen LogP contribution >= 0.6 is 0 Å². The van der Waals surface area contributed by atoms with Gasteiger partial charge in [-0.15, -0.1) is 5.10 Å². The predicted octanol–water partition coefficient (Wildman–Crippen LogP) is 2.11. The summed E-state index contributed by atoms with van der Waals surface area (Å²) in [6.45, 7) is 5.97. The number of carbonyl (C=O) groups is 1. The minimum Gasteiger partial charge on any atom is -0.476 e. The number of nitrogens with zero attached hydrogens (tertiary/aromatic N) is 4. The maximum atomic E-state index is 12.5. The van der Waals surface area contributed by atoms with Crippen molar-refractivity contribution in [1.29, 1.82) is 10.8 Å². The van der Waals surface area contributed by atoms with Crippen LogP contribution in [0.5, 0.6) is 5.88 Å². The number of aromatic nitrogens is 3. The van der Waals surface area contributed by atoms with Crippen LogP contribution in [0.15, 0.2) is 24.4 Å². The maximum Gasteiger partial charge on any atom is 0.263 e. The molecule has 0 aliphatic heterocycles. The summed E-state index contributed by atoms with van der Waals surface area (Å²) in [5.41, 5.74) is 0.663. The van der Waals surface area contributed by atoms with E-state index in [1.54, 1.807) is 31.4 Å². The first kappa shape index (κ1) is 19.1. The average Bonchev–Trinajstić information content (AvgIpc) is 2.96. The Bertz CT molecular complexity index is 813. The molecule has 9 nitrogen and oxygen atoms in total. The maximum absolute atomic E-state index is 12.5. The van der Waals surface area contributed by atoms with Gasteiger partial charge in [0.2, 0.25) is 5.88 Å². The molecule has 1 amide bonds. The van der Waals surface area contributed by atoms with Crippen molar-refractivity contribution in [2.24, 2.45) is 7.05 Å². The number of hydrogen-bond donors (Lipinski definition) is 3. The van der Waals surface area contributed by atoms with Crippen LogP contribution in [0, 0.1) is 10.8 Å². The van der Waals surface area contributed by atoms with Crippen molar-refractivity contribution in [2.75, 3.05) is 11.9 Å². The van der Waals surface area contributed by atoms with Gasteiger partial charge in [-0.05, 0) is 32.9 Å². The second kappa shape index (κ2) is 8.24. The molecule has 2 aromatic rings. The Hall–Kier alpha value is -3.23. The Labute approximate surface area is 152 Å². The lowest BCUT2D eigenvalue weighted by molar-refractivity contribution is 0.102. The van der Waals surface area contributed by atoms with E-state index in [1.165, 1.54) is 9.58 Å². The van der Waals surface area contributed by atoms with E-state index >= 15 is 0 Å². The van der Waals surface area contributed by atoms with Crippen molar-refractivity contribution in [1.82, 2.24) is 19.7 Å². The number of ether oxygens (including phenoxy) is 1. The molecule has 9 heteroatoms. The first-order valence-corrected chi connectivity index (χ1v) is 8.20. The molecule has 0 bridgehead atoms. The molecule has 0 saturated carbocycles. The van der Waals surface area contributed by atoms with Gasteiger partial charge in [-0.25, -0.2) is 4.98 Å². The molecule has 0 aromatic carbocycles. The van der Waals surface area contributed by atoms with Crippen molar-refractivity contribution in [3.63, 3.8) is 0 Å². The Kier molecular flexibility index (Phi) is 6.05. The van der Waals surface area contributed by atoms with E-state index in [0.717, 1.165) is 6.34 Å². The highest BCUT2D eigenvalue weighted by Gasteiger charge is 2.19. The van der Waals surface area contributed by atoms with E-state index < -0.39 is 5.91 Å². The number of rotatable bonds is 7. The molecule has 26 heavy (non-hydrogen) atoms. The number of carbonyl (C=O) groups excluding carboxylic acids is 1. The summed E-state index contributed by atoms with van der Waals surface area (Å²) in [5, 5.41) is 22.5. The molecule has 0 saturated heterocycles. The number of hydrogen-bond acceptors (Lipinski definition) is 6. The summed E-state index contributed by atoms with van der Waals surface area (Å²) < 4.78 is 6.88. The Morgan fingerprint density at radius 2 is 2.19 bits per heavy atom. The van der Waals surface area contributed by atoms with E-state index in [2.05, 4.69) is 15.4 Å². The normalized spacial score (nSPS) is 10.5. The van der Waals surface area contributed by atoms with Gasteiger partial charge in [-0.1, -0.05) is 6.07 Å². The molecule has 0 unspecified atom stereocenters. The molecular weight excluding hydrogens is 334 g/mol. The van der Waals surface area contributed by atoms with E-state index in [9.17, 15) is 4.79 Å². The van der Waals surface area contributed by atoms with Crippen molar-refractivity contribution < 1.29 is 9.53 Å². The van der Waals surface area contributed by atoms with Gasteiger partial charge >= 0.3 is 0 Å². The predicted molar refractivity (Wildman–Crippen MR) is 99.2 cm³/mol. The number of pyridine rings is 1. The lowest BCUT2D eigenvalue weighted by atomic mass is 10.2. The molecule has 2 heterocycles. The second-order valence-corrected chi connectivity index (χ2v) is 5.80. The minimum atomic E-state index is -0.398. The molecule has 0 aliphatic carbocycles. The molecule has 138 valence electrons. The lowest BCUT2D eigenvalue weighted by Crippen LogP contribution is -2.36. The molecule has 0 spiro atoms. The zero-order valence-electron chi connectivity index (χ0n) is 15.3. The molecule has 2 rings (SSSR count). The van der Waals surface area contributed by atoms with Crippen LogP contribution in [-0.4, -0.2) is 50.4 Å². The number of amides is 1. The molecule has 0 fully saturated rings. The van der Waals surface area contributed by atoms with E-state index in [0.29, 0.717) is 23.7 Å². The summed E-state index contributed by atoms with van der Waals surface area (Å²) >= 11 is 0.